The molecule has 11 aromatic rings. The van der Waals surface area contributed by atoms with Gasteiger partial charge in [-0.1, -0.05) is 244 Å². The van der Waals surface area contributed by atoms with Crippen LogP contribution in [0.1, 0.15) is 47.2 Å². The summed E-state index contributed by atoms with van der Waals surface area (Å²) in [5.74, 6) is 0. The van der Waals surface area contributed by atoms with E-state index >= 15 is 0 Å². The molecule has 0 bridgehead atoms. The van der Waals surface area contributed by atoms with Gasteiger partial charge in [0.1, 0.15) is 0 Å². The lowest BCUT2D eigenvalue weighted by Crippen LogP contribution is -2.28. The molecule has 326 valence electrons. The van der Waals surface area contributed by atoms with Crippen molar-refractivity contribution in [2.24, 2.45) is 0 Å². The van der Waals surface area contributed by atoms with Gasteiger partial charge in [0.15, 0.2) is 0 Å². The lowest BCUT2D eigenvalue weighted by atomic mass is 9.67. The molecule has 0 spiro atoms. The maximum Gasteiger partial charge on any atom is 0.0714 e. The average molecular weight is 880 g/mol. The molecule has 2 aliphatic carbocycles. The summed E-state index contributed by atoms with van der Waals surface area (Å²) >= 11 is 0. The highest BCUT2D eigenvalue weighted by Gasteiger charge is 2.46. The Kier molecular flexibility index (Phi) is 9.49. The Morgan fingerprint density at radius 3 is 1.51 bits per heavy atom. The SMILES string of the molecule is CC1(C)c2ccccc2-c2ccc(N(c3cccc(C4(c5ccccc5)c5ccccc5-c5ccccc54)c3)c3cc(-c4ccccc4)ccc3-c3ccc(-c4cccc5ccccc45)cc3)cc21. The fraction of sp³-hybridized carbons (Fsp3) is 0.0588. The zero-order chi connectivity index (χ0) is 46.1. The molecule has 11 aromatic carbocycles. The van der Waals surface area contributed by atoms with Crippen LogP contribution >= 0.6 is 0 Å². The fourth-order valence-electron chi connectivity index (χ4n) is 11.9. The molecule has 0 aromatic heterocycles. The van der Waals surface area contributed by atoms with Gasteiger partial charge in [-0.2, -0.15) is 0 Å². The Labute approximate surface area is 405 Å². The van der Waals surface area contributed by atoms with E-state index in [2.05, 4.69) is 280 Å². The summed E-state index contributed by atoms with van der Waals surface area (Å²) in [6.45, 7) is 4.76. The molecule has 69 heavy (non-hydrogen) atoms. The second kappa shape index (κ2) is 16.1. The molecular weight excluding hydrogens is 831 g/mol. The first-order chi connectivity index (χ1) is 34.0. The van der Waals surface area contributed by atoms with Crippen molar-refractivity contribution in [2.45, 2.75) is 24.7 Å². The molecule has 0 heterocycles. The first-order valence-corrected chi connectivity index (χ1v) is 24.2. The maximum absolute atomic E-state index is 2.54. The number of benzene rings is 11. The minimum atomic E-state index is -0.552. The highest BCUT2D eigenvalue weighted by atomic mass is 15.1. The van der Waals surface area contributed by atoms with Gasteiger partial charge in [-0.3, -0.25) is 0 Å². The van der Waals surface area contributed by atoms with Crippen LogP contribution < -0.4 is 4.90 Å². The van der Waals surface area contributed by atoms with E-state index in [0.717, 1.165) is 33.8 Å². The van der Waals surface area contributed by atoms with E-state index in [1.807, 2.05) is 0 Å². The van der Waals surface area contributed by atoms with Gasteiger partial charge in [-0.15, -0.1) is 0 Å². The van der Waals surface area contributed by atoms with Gasteiger partial charge in [0, 0.05) is 22.4 Å². The number of fused-ring (bicyclic) bond motifs is 7. The molecule has 2 aliphatic rings. The molecule has 0 aliphatic heterocycles. The quantitative estimate of drug-likeness (QED) is 0.147. The van der Waals surface area contributed by atoms with Crippen LogP contribution in [0, 0.1) is 0 Å². The van der Waals surface area contributed by atoms with E-state index in [0.29, 0.717) is 0 Å². The predicted molar refractivity (Wildman–Crippen MR) is 290 cm³/mol. The Morgan fingerprint density at radius 1 is 0.290 bits per heavy atom. The van der Waals surface area contributed by atoms with Gasteiger partial charge < -0.3 is 4.90 Å². The van der Waals surface area contributed by atoms with E-state index in [-0.39, 0.29) is 5.41 Å². The van der Waals surface area contributed by atoms with Crippen molar-refractivity contribution in [1.82, 2.24) is 0 Å². The standard InChI is InChI=1S/C68H49N/c1-67(2)62-32-14-11-28-58(62)61-42-40-54(45-65(61)67)69(53-26-18-25-52(44-53)68(51-23-7-4-8-24-51)63-33-15-12-29-59(63)60-30-13-16-34-64(60)68)66-43-50(46-19-5-3-6-20-46)39-41-57(66)49-37-35-48(36-38-49)56-31-17-22-47-21-9-10-27-55(47)56/h3-45H,1-2H3. The topological polar surface area (TPSA) is 3.24 Å². The Balaban J connectivity index is 1.07. The van der Waals surface area contributed by atoms with Crippen molar-refractivity contribution >= 4 is 27.8 Å². The summed E-state index contributed by atoms with van der Waals surface area (Å²) in [7, 11) is 0. The van der Waals surface area contributed by atoms with Crippen LogP contribution in [0.25, 0.3) is 66.4 Å². The number of anilines is 3. The smallest absolute Gasteiger partial charge is 0.0714 e. The van der Waals surface area contributed by atoms with Crippen LogP contribution in [-0.4, -0.2) is 0 Å². The van der Waals surface area contributed by atoms with E-state index in [9.17, 15) is 0 Å². The summed E-state index contributed by atoms with van der Waals surface area (Å²) in [6.07, 6.45) is 0. The molecule has 0 N–H and O–H groups in total. The highest BCUT2D eigenvalue weighted by Crippen LogP contribution is 2.57. The predicted octanol–water partition coefficient (Wildman–Crippen LogP) is 18.0. The second-order valence-electron chi connectivity index (χ2n) is 19.2. The number of rotatable bonds is 8. The summed E-state index contributed by atoms with van der Waals surface area (Å²) in [5, 5.41) is 2.50. The first-order valence-electron chi connectivity index (χ1n) is 24.2. The summed E-state index contributed by atoms with van der Waals surface area (Å²) in [5.41, 5.74) is 22.6. The molecule has 13 rings (SSSR count). The maximum atomic E-state index is 2.54. The van der Waals surface area contributed by atoms with E-state index < -0.39 is 5.41 Å². The van der Waals surface area contributed by atoms with Crippen molar-refractivity contribution in [2.75, 3.05) is 4.90 Å². The molecular formula is C68H49N. The molecule has 0 fully saturated rings. The summed E-state index contributed by atoms with van der Waals surface area (Å²) in [6, 6.07) is 97.1. The van der Waals surface area contributed by atoms with Crippen LogP contribution in [0.2, 0.25) is 0 Å². The van der Waals surface area contributed by atoms with Crippen molar-refractivity contribution < 1.29 is 0 Å². The minimum absolute atomic E-state index is 0.184. The van der Waals surface area contributed by atoms with Crippen molar-refractivity contribution in [1.29, 1.82) is 0 Å². The van der Waals surface area contributed by atoms with Crippen molar-refractivity contribution in [3.63, 3.8) is 0 Å². The average Bonchev–Trinajstić information content (AvgIpc) is 3.84. The van der Waals surface area contributed by atoms with Gasteiger partial charge >= 0.3 is 0 Å². The van der Waals surface area contributed by atoms with Gasteiger partial charge in [0.2, 0.25) is 0 Å². The zero-order valence-electron chi connectivity index (χ0n) is 38.8. The third-order valence-corrected chi connectivity index (χ3v) is 15.2. The third-order valence-electron chi connectivity index (χ3n) is 15.2. The van der Waals surface area contributed by atoms with Gasteiger partial charge in [0.25, 0.3) is 0 Å². The molecule has 0 unspecified atom stereocenters. The van der Waals surface area contributed by atoms with Crippen LogP contribution in [-0.2, 0) is 10.8 Å². The highest BCUT2D eigenvalue weighted by molar-refractivity contribution is 5.98. The molecule has 0 amide bonds. The van der Waals surface area contributed by atoms with Crippen LogP contribution in [0.5, 0.6) is 0 Å². The zero-order valence-corrected chi connectivity index (χ0v) is 38.8. The summed E-state index contributed by atoms with van der Waals surface area (Å²) < 4.78 is 0. The molecule has 0 radical (unpaired) electrons. The van der Waals surface area contributed by atoms with Crippen molar-refractivity contribution in [3.05, 3.63) is 294 Å². The van der Waals surface area contributed by atoms with E-state index in [1.54, 1.807) is 0 Å². The van der Waals surface area contributed by atoms with Gasteiger partial charge in [-0.05, 0) is 125 Å². The summed E-state index contributed by atoms with van der Waals surface area (Å²) in [4.78, 5) is 2.54. The number of nitrogens with zero attached hydrogens (tertiary/aromatic N) is 1. The molecule has 1 heteroatoms. The fourth-order valence-corrected chi connectivity index (χ4v) is 11.9. The lowest BCUT2D eigenvalue weighted by molar-refractivity contribution is 0.660. The van der Waals surface area contributed by atoms with E-state index in [4.69, 9.17) is 0 Å². The van der Waals surface area contributed by atoms with Crippen LogP contribution in [0.3, 0.4) is 0 Å². The Bertz CT molecular complexity index is 3700. The first kappa shape index (κ1) is 40.7. The second-order valence-corrected chi connectivity index (χ2v) is 19.2. The van der Waals surface area contributed by atoms with Crippen molar-refractivity contribution in [3.8, 4) is 55.6 Å². The number of hydrogen-bond acceptors (Lipinski definition) is 1. The molecule has 0 saturated carbocycles. The third kappa shape index (κ3) is 6.38. The monoisotopic (exact) mass is 879 g/mol. The Morgan fingerprint density at radius 2 is 0.783 bits per heavy atom. The lowest BCUT2D eigenvalue weighted by Gasteiger charge is -2.35. The largest absolute Gasteiger partial charge is 0.310 e. The van der Waals surface area contributed by atoms with Gasteiger partial charge in [-0.25, -0.2) is 0 Å². The van der Waals surface area contributed by atoms with E-state index in [1.165, 1.54) is 83.1 Å². The number of hydrogen-bond donors (Lipinski definition) is 0. The van der Waals surface area contributed by atoms with Gasteiger partial charge in [0.05, 0.1) is 11.1 Å². The molecule has 1 nitrogen and oxygen atoms in total. The van der Waals surface area contributed by atoms with Crippen LogP contribution in [0.4, 0.5) is 17.1 Å². The van der Waals surface area contributed by atoms with Crippen LogP contribution in [0.15, 0.2) is 261 Å². The molecule has 0 saturated heterocycles. The minimum Gasteiger partial charge on any atom is -0.310 e. The Hall–Kier alpha value is -8.52. The normalized spacial score (nSPS) is 13.6. The molecule has 0 atom stereocenters.